The van der Waals surface area contributed by atoms with Crippen LogP contribution >= 0.6 is 12.2 Å². The first-order chi connectivity index (χ1) is 8.18. The molecule has 1 heterocycles. The molecule has 0 unspecified atom stereocenters. The molecule has 0 spiro atoms. The van der Waals surface area contributed by atoms with Gasteiger partial charge < -0.3 is 5.73 Å². The van der Waals surface area contributed by atoms with Crippen LogP contribution in [0.2, 0.25) is 0 Å². The Morgan fingerprint density at radius 1 is 1.41 bits per heavy atom. The summed E-state index contributed by atoms with van der Waals surface area (Å²) in [6, 6.07) is 7.32. The lowest BCUT2D eigenvalue weighted by molar-refractivity contribution is 0.631. The van der Waals surface area contributed by atoms with Gasteiger partial charge in [-0.1, -0.05) is 24.4 Å². The van der Waals surface area contributed by atoms with Gasteiger partial charge in [-0.2, -0.15) is 0 Å². The van der Waals surface area contributed by atoms with E-state index in [0.29, 0.717) is 23.3 Å². The fourth-order valence-electron chi connectivity index (χ4n) is 1.69. The van der Waals surface area contributed by atoms with Gasteiger partial charge in [0.05, 0.1) is 22.2 Å². The summed E-state index contributed by atoms with van der Waals surface area (Å²) in [6.07, 6.45) is 2.98. The molecular formula is C12H13N3OS. The predicted octanol–water partition coefficient (Wildman–Crippen LogP) is 1.46. The Morgan fingerprint density at radius 3 is 2.94 bits per heavy atom. The Morgan fingerprint density at radius 2 is 2.18 bits per heavy atom. The van der Waals surface area contributed by atoms with Crippen LogP contribution in [0, 0.1) is 0 Å². The van der Waals surface area contributed by atoms with Crippen LogP contribution in [0.1, 0.15) is 12.8 Å². The molecule has 4 nitrogen and oxygen atoms in total. The molecule has 0 fully saturated rings. The van der Waals surface area contributed by atoms with Crippen LogP contribution in [-0.4, -0.2) is 14.5 Å². The van der Waals surface area contributed by atoms with Crippen molar-refractivity contribution in [2.45, 2.75) is 19.4 Å². The van der Waals surface area contributed by atoms with Crippen LogP contribution < -0.4 is 11.3 Å². The zero-order valence-electron chi connectivity index (χ0n) is 9.30. The Hall–Kier alpha value is -1.75. The average molecular weight is 247 g/mol. The maximum atomic E-state index is 12.1. The van der Waals surface area contributed by atoms with Gasteiger partial charge in [-0.15, -0.1) is 0 Å². The first-order valence-corrected chi connectivity index (χ1v) is 5.82. The average Bonchev–Trinajstić information content (AvgIpc) is 2.32. The van der Waals surface area contributed by atoms with Crippen molar-refractivity contribution in [2.75, 3.05) is 0 Å². The summed E-state index contributed by atoms with van der Waals surface area (Å²) in [5.74, 6) is 0. The van der Waals surface area contributed by atoms with Gasteiger partial charge >= 0.3 is 0 Å². The number of thiocarbonyl (C=S) groups is 1. The minimum absolute atomic E-state index is 0.0152. The highest BCUT2D eigenvalue weighted by atomic mass is 32.1. The molecule has 0 aliphatic heterocycles. The van der Waals surface area contributed by atoms with E-state index in [1.54, 1.807) is 17.0 Å². The predicted molar refractivity (Wildman–Crippen MR) is 72.0 cm³/mol. The van der Waals surface area contributed by atoms with E-state index in [4.69, 9.17) is 18.0 Å². The molecule has 2 aromatic rings. The van der Waals surface area contributed by atoms with Crippen molar-refractivity contribution in [1.29, 1.82) is 0 Å². The van der Waals surface area contributed by atoms with Crippen molar-refractivity contribution in [1.82, 2.24) is 9.55 Å². The van der Waals surface area contributed by atoms with E-state index in [-0.39, 0.29) is 5.56 Å². The summed E-state index contributed by atoms with van der Waals surface area (Å²) >= 11 is 4.80. The summed E-state index contributed by atoms with van der Waals surface area (Å²) in [6.45, 7) is 0.591. The molecule has 0 atom stereocenters. The van der Waals surface area contributed by atoms with Gasteiger partial charge in [0.2, 0.25) is 0 Å². The van der Waals surface area contributed by atoms with E-state index in [9.17, 15) is 4.79 Å². The third kappa shape index (κ3) is 2.68. The molecule has 2 N–H and O–H groups in total. The van der Waals surface area contributed by atoms with E-state index < -0.39 is 0 Å². The van der Waals surface area contributed by atoms with Gasteiger partial charge in [0.25, 0.3) is 5.56 Å². The van der Waals surface area contributed by atoms with Crippen molar-refractivity contribution < 1.29 is 0 Å². The fraction of sp³-hybridized carbons (Fsp3) is 0.250. The second-order valence-electron chi connectivity index (χ2n) is 3.83. The van der Waals surface area contributed by atoms with Crippen LogP contribution in [-0.2, 0) is 6.54 Å². The van der Waals surface area contributed by atoms with Gasteiger partial charge in [0.1, 0.15) is 0 Å². The van der Waals surface area contributed by atoms with Crippen LogP contribution in [0.15, 0.2) is 35.4 Å². The van der Waals surface area contributed by atoms with E-state index in [2.05, 4.69) is 4.98 Å². The first kappa shape index (κ1) is 11.7. The largest absolute Gasteiger partial charge is 0.393 e. The zero-order chi connectivity index (χ0) is 12.3. The zero-order valence-corrected chi connectivity index (χ0v) is 10.1. The van der Waals surface area contributed by atoms with Gasteiger partial charge in [-0.05, 0) is 25.0 Å². The molecular weight excluding hydrogens is 234 g/mol. The van der Waals surface area contributed by atoms with Crippen LogP contribution in [0.5, 0.6) is 0 Å². The summed E-state index contributed by atoms with van der Waals surface area (Å²) < 4.78 is 1.60. The third-order valence-corrected chi connectivity index (χ3v) is 2.76. The number of aryl methyl sites for hydroxylation is 1. The smallest absolute Gasteiger partial charge is 0.261 e. The molecule has 1 aromatic carbocycles. The maximum absolute atomic E-state index is 12.1. The number of hydrogen-bond acceptors (Lipinski definition) is 3. The van der Waals surface area contributed by atoms with E-state index in [0.717, 1.165) is 11.9 Å². The number of hydrogen-bond donors (Lipinski definition) is 1. The Kier molecular flexibility index (Phi) is 3.49. The minimum atomic E-state index is -0.0152. The number of para-hydroxylation sites is 1. The molecule has 0 saturated carbocycles. The second-order valence-corrected chi connectivity index (χ2v) is 4.35. The first-order valence-electron chi connectivity index (χ1n) is 5.41. The van der Waals surface area contributed by atoms with E-state index in [1.165, 1.54) is 0 Å². The van der Waals surface area contributed by atoms with Gasteiger partial charge in [0.15, 0.2) is 0 Å². The molecule has 17 heavy (non-hydrogen) atoms. The highest BCUT2D eigenvalue weighted by Gasteiger charge is 2.02. The number of rotatable bonds is 4. The quantitative estimate of drug-likeness (QED) is 0.831. The lowest BCUT2D eigenvalue weighted by Gasteiger charge is -2.05. The Balaban J connectivity index is 2.27. The van der Waals surface area contributed by atoms with Gasteiger partial charge in [0, 0.05) is 6.54 Å². The van der Waals surface area contributed by atoms with Crippen molar-refractivity contribution in [3.63, 3.8) is 0 Å². The number of benzene rings is 1. The number of nitrogens with two attached hydrogens (primary N) is 1. The molecule has 5 heteroatoms. The van der Waals surface area contributed by atoms with Crippen molar-refractivity contribution in [2.24, 2.45) is 5.73 Å². The lowest BCUT2D eigenvalue weighted by atomic mass is 10.2. The fourth-order valence-corrected chi connectivity index (χ4v) is 1.83. The molecule has 0 radical (unpaired) electrons. The topological polar surface area (TPSA) is 60.9 Å². The van der Waals surface area contributed by atoms with Crippen molar-refractivity contribution in [3.8, 4) is 0 Å². The highest BCUT2D eigenvalue weighted by molar-refractivity contribution is 7.80. The maximum Gasteiger partial charge on any atom is 0.261 e. The van der Waals surface area contributed by atoms with Crippen LogP contribution in [0.25, 0.3) is 10.9 Å². The van der Waals surface area contributed by atoms with Crippen molar-refractivity contribution >= 4 is 28.1 Å². The van der Waals surface area contributed by atoms with Crippen LogP contribution in [0.3, 0.4) is 0 Å². The molecule has 1 aromatic heterocycles. The number of fused-ring (bicyclic) bond motifs is 1. The summed E-state index contributed by atoms with van der Waals surface area (Å²) in [5.41, 5.74) is 6.12. The highest BCUT2D eigenvalue weighted by Crippen LogP contribution is 2.05. The SMILES string of the molecule is NC(=S)CCCn1cnc2ccccc2c1=O. The summed E-state index contributed by atoms with van der Waals surface area (Å²) in [7, 11) is 0. The Bertz CT molecular complexity index is 606. The van der Waals surface area contributed by atoms with E-state index >= 15 is 0 Å². The second kappa shape index (κ2) is 5.05. The van der Waals surface area contributed by atoms with Crippen LogP contribution in [0.4, 0.5) is 0 Å². The molecule has 2 rings (SSSR count). The lowest BCUT2D eigenvalue weighted by Crippen LogP contribution is -2.21. The molecule has 88 valence electrons. The molecule has 0 amide bonds. The third-order valence-electron chi connectivity index (χ3n) is 2.55. The monoisotopic (exact) mass is 247 g/mol. The minimum Gasteiger partial charge on any atom is -0.393 e. The number of aromatic nitrogens is 2. The van der Waals surface area contributed by atoms with Crippen molar-refractivity contribution in [3.05, 3.63) is 40.9 Å². The standard InChI is InChI=1S/C12H13N3OS/c13-11(17)6-3-7-15-8-14-10-5-2-1-4-9(10)12(15)16/h1-2,4-5,8H,3,6-7H2,(H2,13,17). The van der Waals surface area contributed by atoms with Gasteiger partial charge in [-0.25, -0.2) is 4.98 Å². The summed E-state index contributed by atoms with van der Waals surface area (Å²) in [5, 5.41) is 0.644. The molecule has 0 bridgehead atoms. The Labute approximate surface area is 104 Å². The van der Waals surface area contributed by atoms with Gasteiger partial charge in [-0.3, -0.25) is 9.36 Å². The number of nitrogens with zero attached hydrogens (tertiary/aromatic N) is 2. The molecule has 0 aliphatic rings. The molecule has 0 aliphatic carbocycles. The molecule has 0 saturated heterocycles. The van der Waals surface area contributed by atoms with E-state index in [1.807, 2.05) is 18.2 Å². The normalized spacial score (nSPS) is 10.6. The summed E-state index contributed by atoms with van der Waals surface area (Å²) in [4.78, 5) is 16.8.